The van der Waals surface area contributed by atoms with Crippen molar-refractivity contribution in [2.75, 3.05) is 0 Å². The molecule has 0 fully saturated rings. The van der Waals surface area contributed by atoms with Gasteiger partial charge in [-0.3, -0.25) is 0 Å². The Kier molecular flexibility index (Phi) is 4.20. The van der Waals surface area contributed by atoms with E-state index in [9.17, 15) is 22.0 Å². The van der Waals surface area contributed by atoms with E-state index >= 15 is 0 Å². The van der Waals surface area contributed by atoms with Gasteiger partial charge in [-0.25, -0.2) is 0 Å². The highest BCUT2D eigenvalue weighted by Crippen LogP contribution is 2.42. The number of halogens is 5. The molecule has 1 unspecified atom stereocenters. The van der Waals surface area contributed by atoms with Crippen LogP contribution in [-0.2, 0) is 0 Å². The van der Waals surface area contributed by atoms with Crippen molar-refractivity contribution < 1.29 is 22.0 Å². The Hall–Kier alpha value is -1.94. The molecule has 1 aromatic rings. The second-order valence-electron chi connectivity index (χ2n) is 4.30. The number of alkyl halides is 5. The standard InChI is InChI=1S/C13H11F5N2/c1-9-2-4-10(5-3-9)6-7-11(20,8-19)12(14,15)13(16,17)18/h2-7H,20H2,1H3/b7-6+. The smallest absolute Gasteiger partial charge is 0.305 e. The van der Waals surface area contributed by atoms with E-state index in [1.807, 2.05) is 0 Å². The zero-order chi connectivity index (χ0) is 15.6. The van der Waals surface area contributed by atoms with Crippen LogP contribution in [0, 0.1) is 18.3 Å². The number of aryl methyl sites for hydroxylation is 1. The van der Waals surface area contributed by atoms with Gasteiger partial charge in [-0.1, -0.05) is 35.9 Å². The fourth-order valence-electron chi connectivity index (χ4n) is 1.35. The Morgan fingerprint density at radius 2 is 1.60 bits per heavy atom. The molecule has 2 N–H and O–H groups in total. The van der Waals surface area contributed by atoms with Crippen LogP contribution in [0.4, 0.5) is 22.0 Å². The van der Waals surface area contributed by atoms with Crippen molar-refractivity contribution in [3.8, 4) is 6.07 Å². The van der Waals surface area contributed by atoms with Gasteiger partial charge in [0.2, 0.25) is 0 Å². The number of rotatable bonds is 3. The highest BCUT2D eigenvalue weighted by atomic mass is 19.4. The lowest BCUT2D eigenvalue weighted by Gasteiger charge is -2.29. The number of hydrogen-bond donors (Lipinski definition) is 1. The summed E-state index contributed by atoms with van der Waals surface area (Å²) in [5.74, 6) is -5.35. The molecule has 0 aromatic heterocycles. The van der Waals surface area contributed by atoms with E-state index in [0.29, 0.717) is 11.6 Å². The molecule has 0 saturated heterocycles. The lowest BCUT2D eigenvalue weighted by atomic mass is 9.92. The maximum absolute atomic E-state index is 13.2. The van der Waals surface area contributed by atoms with Crippen molar-refractivity contribution in [3.63, 3.8) is 0 Å². The summed E-state index contributed by atoms with van der Waals surface area (Å²) in [6.45, 7) is 1.79. The van der Waals surface area contributed by atoms with E-state index in [0.717, 1.165) is 17.7 Å². The third-order valence-electron chi connectivity index (χ3n) is 2.68. The predicted octanol–water partition coefficient (Wildman–Crippen LogP) is 3.43. The molecule has 0 aliphatic carbocycles. The zero-order valence-corrected chi connectivity index (χ0v) is 10.4. The number of benzene rings is 1. The van der Waals surface area contributed by atoms with Gasteiger partial charge in [-0.15, -0.1) is 0 Å². The summed E-state index contributed by atoms with van der Waals surface area (Å²) in [6.07, 6.45) is -4.58. The molecule has 0 saturated carbocycles. The van der Waals surface area contributed by atoms with Gasteiger partial charge in [0.25, 0.3) is 0 Å². The van der Waals surface area contributed by atoms with Crippen LogP contribution in [0.1, 0.15) is 11.1 Å². The molecule has 1 atom stereocenters. The molecule has 7 heteroatoms. The van der Waals surface area contributed by atoms with Gasteiger partial charge in [0.1, 0.15) is 0 Å². The van der Waals surface area contributed by atoms with Gasteiger partial charge in [-0.05, 0) is 18.6 Å². The van der Waals surface area contributed by atoms with E-state index in [4.69, 9.17) is 11.0 Å². The topological polar surface area (TPSA) is 49.8 Å². The molecule has 0 aliphatic rings. The molecule has 108 valence electrons. The molecule has 0 amide bonds. The predicted molar refractivity (Wildman–Crippen MR) is 63.7 cm³/mol. The monoisotopic (exact) mass is 290 g/mol. The van der Waals surface area contributed by atoms with Crippen LogP contribution >= 0.6 is 0 Å². The Bertz CT molecular complexity index is 539. The molecule has 0 bridgehead atoms. The minimum atomic E-state index is -5.91. The quantitative estimate of drug-likeness (QED) is 0.867. The summed E-state index contributed by atoms with van der Waals surface area (Å²) in [5, 5.41) is 8.60. The minimum Gasteiger partial charge on any atom is -0.305 e. The average molecular weight is 290 g/mol. The van der Waals surface area contributed by atoms with Crippen molar-refractivity contribution in [1.82, 2.24) is 0 Å². The van der Waals surface area contributed by atoms with E-state index in [1.54, 1.807) is 19.1 Å². The summed E-state index contributed by atoms with van der Waals surface area (Å²) in [4.78, 5) is 0. The highest BCUT2D eigenvalue weighted by molar-refractivity contribution is 5.53. The summed E-state index contributed by atoms with van der Waals surface area (Å²) >= 11 is 0. The molecule has 1 aromatic carbocycles. The van der Waals surface area contributed by atoms with Crippen molar-refractivity contribution in [1.29, 1.82) is 5.26 Å². The first-order valence-electron chi connectivity index (χ1n) is 5.44. The van der Waals surface area contributed by atoms with Gasteiger partial charge in [-0.2, -0.15) is 27.2 Å². The van der Waals surface area contributed by atoms with Crippen LogP contribution in [0.25, 0.3) is 6.08 Å². The summed E-state index contributed by atoms with van der Waals surface area (Å²) in [7, 11) is 0. The van der Waals surface area contributed by atoms with Gasteiger partial charge in [0, 0.05) is 0 Å². The number of nitrogens with two attached hydrogens (primary N) is 1. The van der Waals surface area contributed by atoms with Crippen molar-refractivity contribution in [2.45, 2.75) is 24.6 Å². The second kappa shape index (κ2) is 5.21. The van der Waals surface area contributed by atoms with Crippen LogP contribution in [0.15, 0.2) is 30.3 Å². The van der Waals surface area contributed by atoms with Crippen molar-refractivity contribution >= 4 is 6.08 Å². The van der Waals surface area contributed by atoms with E-state index in [1.165, 1.54) is 12.1 Å². The normalized spacial score (nSPS) is 15.9. The fourth-order valence-corrected chi connectivity index (χ4v) is 1.35. The summed E-state index contributed by atoms with van der Waals surface area (Å²) < 4.78 is 63.3. The van der Waals surface area contributed by atoms with E-state index in [2.05, 4.69) is 0 Å². The van der Waals surface area contributed by atoms with Crippen molar-refractivity contribution in [3.05, 3.63) is 41.5 Å². The van der Waals surface area contributed by atoms with Crippen molar-refractivity contribution in [2.24, 2.45) is 5.73 Å². The second-order valence-corrected chi connectivity index (χ2v) is 4.30. The lowest BCUT2D eigenvalue weighted by Crippen LogP contribution is -2.60. The maximum atomic E-state index is 13.2. The Morgan fingerprint density at radius 1 is 1.10 bits per heavy atom. The third kappa shape index (κ3) is 2.96. The molecule has 0 heterocycles. The number of nitrogens with zero attached hydrogens (tertiary/aromatic N) is 1. The first-order chi connectivity index (χ1) is 9.03. The molecular formula is C13H11F5N2. The van der Waals surface area contributed by atoms with Crippen LogP contribution in [-0.4, -0.2) is 17.6 Å². The zero-order valence-electron chi connectivity index (χ0n) is 10.4. The molecule has 2 nitrogen and oxygen atoms in total. The SMILES string of the molecule is Cc1ccc(/C=C/C(N)(C#N)C(F)(F)C(F)(F)F)cc1. The first-order valence-corrected chi connectivity index (χ1v) is 5.44. The van der Waals surface area contributed by atoms with Crippen LogP contribution in [0.2, 0.25) is 0 Å². The lowest BCUT2D eigenvalue weighted by molar-refractivity contribution is -0.294. The first kappa shape index (κ1) is 16.1. The van der Waals surface area contributed by atoms with Gasteiger partial charge in [0.05, 0.1) is 6.07 Å². The Balaban J connectivity index is 3.14. The minimum absolute atomic E-state index is 0.360. The van der Waals surface area contributed by atoms with Gasteiger partial charge in [0.15, 0.2) is 5.54 Å². The van der Waals surface area contributed by atoms with E-state index in [-0.39, 0.29) is 0 Å². The molecule has 0 radical (unpaired) electrons. The van der Waals surface area contributed by atoms with Gasteiger partial charge < -0.3 is 5.73 Å². The maximum Gasteiger partial charge on any atom is 0.456 e. The summed E-state index contributed by atoms with van der Waals surface area (Å²) in [6, 6.07) is 7.14. The number of hydrogen-bond acceptors (Lipinski definition) is 2. The van der Waals surface area contributed by atoms with Gasteiger partial charge >= 0.3 is 12.1 Å². The van der Waals surface area contributed by atoms with E-state index < -0.39 is 17.6 Å². The molecule has 20 heavy (non-hydrogen) atoms. The largest absolute Gasteiger partial charge is 0.456 e. The number of nitriles is 1. The highest BCUT2D eigenvalue weighted by Gasteiger charge is 2.68. The fraction of sp³-hybridized carbons (Fsp3) is 0.308. The van der Waals surface area contributed by atoms with Crippen LogP contribution in [0.5, 0.6) is 0 Å². The Morgan fingerprint density at radius 3 is 2.00 bits per heavy atom. The third-order valence-corrected chi connectivity index (χ3v) is 2.68. The van der Waals surface area contributed by atoms with Crippen LogP contribution in [0.3, 0.4) is 0 Å². The molecule has 0 aliphatic heterocycles. The summed E-state index contributed by atoms with van der Waals surface area (Å²) in [5.41, 5.74) is 2.71. The Labute approximate surface area is 112 Å². The molecule has 0 spiro atoms. The molecule has 1 rings (SSSR count). The average Bonchev–Trinajstić information content (AvgIpc) is 2.36. The molecular weight excluding hydrogens is 279 g/mol. The van der Waals surface area contributed by atoms with Crippen LogP contribution < -0.4 is 5.73 Å².